The van der Waals surface area contributed by atoms with E-state index >= 15 is 0 Å². The smallest absolute Gasteiger partial charge is 0.309 e. The number of hydrogen-bond donors (Lipinski definition) is 3. The van der Waals surface area contributed by atoms with Crippen molar-refractivity contribution in [3.8, 4) is 0 Å². The molecule has 0 aliphatic heterocycles. The van der Waals surface area contributed by atoms with Crippen LogP contribution in [0.4, 0.5) is 0 Å². The summed E-state index contributed by atoms with van der Waals surface area (Å²) in [5.41, 5.74) is 5.18. The van der Waals surface area contributed by atoms with Gasteiger partial charge in [0.25, 0.3) is 0 Å². The van der Waals surface area contributed by atoms with Gasteiger partial charge in [0.1, 0.15) is 0 Å². The molecule has 0 aromatic heterocycles. The zero-order chi connectivity index (χ0) is 13.1. The molecule has 0 spiro atoms. The van der Waals surface area contributed by atoms with E-state index in [4.69, 9.17) is 10.5 Å². The van der Waals surface area contributed by atoms with E-state index < -0.39 is 11.8 Å². The lowest BCUT2D eigenvalue weighted by Gasteiger charge is -2.05. The topological polar surface area (TPSA) is 93.4 Å². The summed E-state index contributed by atoms with van der Waals surface area (Å²) in [5.74, 6) is -1.37. The quantitative estimate of drug-likeness (QED) is 0.306. The highest BCUT2D eigenvalue weighted by Crippen LogP contribution is 1.93. The summed E-state index contributed by atoms with van der Waals surface area (Å²) in [6.45, 7) is 1.22. The first-order chi connectivity index (χ1) is 8.07. The molecule has 0 atom stereocenters. The van der Waals surface area contributed by atoms with Crippen molar-refractivity contribution in [1.29, 1.82) is 0 Å². The van der Waals surface area contributed by atoms with Crippen LogP contribution in [-0.4, -0.2) is 43.6 Å². The molecule has 0 saturated carbocycles. The van der Waals surface area contributed by atoms with Crippen LogP contribution >= 0.6 is 12.2 Å². The number of carbonyl (C=O) groups is 2. The highest BCUT2D eigenvalue weighted by atomic mass is 32.1. The third-order valence-corrected chi connectivity index (χ3v) is 2.08. The van der Waals surface area contributed by atoms with Crippen LogP contribution in [-0.2, 0) is 14.3 Å². The monoisotopic (exact) mass is 261 g/mol. The second-order valence-electron chi connectivity index (χ2n) is 3.46. The molecular weight excluding hydrogens is 242 g/mol. The normalized spacial score (nSPS) is 9.71. The first kappa shape index (κ1) is 15.8. The van der Waals surface area contributed by atoms with E-state index in [0.29, 0.717) is 13.2 Å². The maximum Gasteiger partial charge on any atom is 0.309 e. The van der Waals surface area contributed by atoms with Gasteiger partial charge >= 0.3 is 11.8 Å². The summed E-state index contributed by atoms with van der Waals surface area (Å²) in [4.78, 5) is 22.5. The average molecular weight is 261 g/mol. The number of hydrogen-bond acceptors (Lipinski definition) is 4. The van der Waals surface area contributed by atoms with Crippen LogP contribution in [0.3, 0.4) is 0 Å². The Bertz CT molecular complexity index is 272. The van der Waals surface area contributed by atoms with Gasteiger partial charge in [0.2, 0.25) is 0 Å². The molecule has 0 aliphatic rings. The van der Waals surface area contributed by atoms with Gasteiger partial charge in [0, 0.05) is 20.3 Å². The number of carbonyl (C=O) groups excluding carboxylic acids is 2. The Labute approximate surface area is 106 Å². The number of nitrogens with two attached hydrogens (primary N) is 1. The molecule has 2 amide bonds. The first-order valence-electron chi connectivity index (χ1n) is 5.41. The van der Waals surface area contributed by atoms with Crippen molar-refractivity contribution in [1.82, 2.24) is 10.6 Å². The molecule has 0 heterocycles. The number of rotatable bonds is 8. The number of nitrogens with one attached hydrogen (secondary N) is 2. The SMILES string of the molecule is COCCCCCNC(=O)C(=O)NCC(N)=S. The van der Waals surface area contributed by atoms with Crippen LogP contribution < -0.4 is 16.4 Å². The molecule has 0 radical (unpaired) electrons. The van der Waals surface area contributed by atoms with Crippen molar-refractivity contribution < 1.29 is 14.3 Å². The predicted molar refractivity (Wildman–Crippen MR) is 68.5 cm³/mol. The van der Waals surface area contributed by atoms with Gasteiger partial charge < -0.3 is 21.1 Å². The molecular formula is C10H19N3O3S. The Balaban J connectivity index is 3.51. The van der Waals surface area contributed by atoms with Crippen molar-refractivity contribution in [3.63, 3.8) is 0 Å². The molecule has 17 heavy (non-hydrogen) atoms. The number of methoxy groups -OCH3 is 1. The van der Waals surface area contributed by atoms with E-state index in [2.05, 4.69) is 22.9 Å². The van der Waals surface area contributed by atoms with Gasteiger partial charge in [-0.15, -0.1) is 0 Å². The average Bonchev–Trinajstić information content (AvgIpc) is 2.30. The second kappa shape index (κ2) is 9.98. The lowest BCUT2D eigenvalue weighted by Crippen LogP contribution is -2.43. The summed E-state index contributed by atoms with van der Waals surface area (Å²) in [7, 11) is 1.65. The van der Waals surface area contributed by atoms with Crippen LogP contribution in [0.5, 0.6) is 0 Å². The zero-order valence-electron chi connectivity index (χ0n) is 9.95. The molecule has 0 rings (SSSR count). The highest BCUT2D eigenvalue weighted by Gasteiger charge is 2.11. The standard InChI is InChI=1S/C10H19N3O3S/c1-16-6-4-2-3-5-12-9(14)10(15)13-7-8(11)17/h2-7H2,1H3,(H2,11,17)(H,12,14)(H,13,15). The number of thiocarbonyl (C=S) groups is 1. The molecule has 0 aromatic rings. The van der Waals surface area contributed by atoms with Gasteiger partial charge in [-0.05, 0) is 19.3 Å². The van der Waals surface area contributed by atoms with Crippen molar-refractivity contribution in [2.75, 3.05) is 26.8 Å². The molecule has 0 aromatic carbocycles. The van der Waals surface area contributed by atoms with Crippen LogP contribution in [0.25, 0.3) is 0 Å². The molecule has 0 aliphatic carbocycles. The van der Waals surface area contributed by atoms with Gasteiger partial charge in [0.15, 0.2) is 0 Å². The Morgan fingerprint density at radius 2 is 1.82 bits per heavy atom. The largest absolute Gasteiger partial charge is 0.392 e. The number of ether oxygens (including phenoxy) is 1. The van der Waals surface area contributed by atoms with Crippen molar-refractivity contribution in [2.24, 2.45) is 5.73 Å². The Kier molecular flexibility index (Phi) is 9.27. The lowest BCUT2D eigenvalue weighted by molar-refractivity contribution is -0.139. The van der Waals surface area contributed by atoms with Gasteiger partial charge in [-0.2, -0.15) is 0 Å². The summed E-state index contributed by atoms with van der Waals surface area (Å²) >= 11 is 4.57. The maximum absolute atomic E-state index is 11.2. The highest BCUT2D eigenvalue weighted by molar-refractivity contribution is 7.80. The van der Waals surface area contributed by atoms with Crippen molar-refractivity contribution in [3.05, 3.63) is 0 Å². The minimum atomic E-state index is -0.713. The van der Waals surface area contributed by atoms with Crippen LogP contribution in [0.1, 0.15) is 19.3 Å². The Morgan fingerprint density at radius 1 is 1.18 bits per heavy atom. The van der Waals surface area contributed by atoms with Gasteiger partial charge in [0.05, 0.1) is 11.5 Å². The number of unbranched alkanes of at least 4 members (excludes halogenated alkanes) is 2. The molecule has 98 valence electrons. The van der Waals surface area contributed by atoms with Crippen LogP contribution in [0.15, 0.2) is 0 Å². The summed E-state index contributed by atoms with van der Waals surface area (Å²) in [5, 5.41) is 4.81. The third kappa shape index (κ3) is 9.70. The minimum absolute atomic E-state index is 0.0371. The summed E-state index contributed by atoms with van der Waals surface area (Å²) < 4.78 is 4.89. The van der Waals surface area contributed by atoms with Gasteiger partial charge in [-0.3, -0.25) is 9.59 Å². The minimum Gasteiger partial charge on any atom is -0.392 e. The van der Waals surface area contributed by atoms with Crippen LogP contribution in [0, 0.1) is 0 Å². The fraction of sp³-hybridized carbons (Fsp3) is 0.700. The fourth-order valence-electron chi connectivity index (χ4n) is 1.08. The zero-order valence-corrected chi connectivity index (χ0v) is 10.8. The third-order valence-electron chi connectivity index (χ3n) is 1.94. The lowest BCUT2D eigenvalue weighted by atomic mass is 10.2. The molecule has 0 bridgehead atoms. The predicted octanol–water partition coefficient (Wildman–Crippen LogP) is -0.678. The van der Waals surface area contributed by atoms with Crippen molar-refractivity contribution in [2.45, 2.75) is 19.3 Å². The van der Waals surface area contributed by atoms with E-state index in [1.54, 1.807) is 7.11 Å². The second-order valence-corrected chi connectivity index (χ2v) is 3.98. The molecule has 4 N–H and O–H groups in total. The van der Waals surface area contributed by atoms with Gasteiger partial charge in [-0.25, -0.2) is 0 Å². The molecule has 6 nitrogen and oxygen atoms in total. The molecule has 0 fully saturated rings. The first-order valence-corrected chi connectivity index (χ1v) is 5.82. The number of amides is 2. The molecule has 0 unspecified atom stereocenters. The van der Waals surface area contributed by atoms with E-state index in [1.165, 1.54) is 0 Å². The van der Waals surface area contributed by atoms with Gasteiger partial charge in [-0.1, -0.05) is 12.2 Å². The Morgan fingerprint density at radius 3 is 2.41 bits per heavy atom. The Hall–Kier alpha value is -1.21. The van der Waals surface area contributed by atoms with E-state index in [-0.39, 0.29) is 11.5 Å². The van der Waals surface area contributed by atoms with Crippen molar-refractivity contribution >= 4 is 29.0 Å². The maximum atomic E-state index is 11.2. The van der Waals surface area contributed by atoms with E-state index in [1.807, 2.05) is 0 Å². The molecule has 0 saturated heterocycles. The van der Waals surface area contributed by atoms with E-state index in [0.717, 1.165) is 19.3 Å². The molecule has 7 heteroatoms. The summed E-state index contributed by atoms with van der Waals surface area (Å²) in [6, 6.07) is 0. The fourth-order valence-corrected chi connectivity index (χ4v) is 1.15. The van der Waals surface area contributed by atoms with Crippen LogP contribution in [0.2, 0.25) is 0 Å². The van der Waals surface area contributed by atoms with E-state index in [9.17, 15) is 9.59 Å². The summed E-state index contributed by atoms with van der Waals surface area (Å²) in [6.07, 6.45) is 2.71.